The molecule has 4 rings (SSSR count). The summed E-state index contributed by atoms with van der Waals surface area (Å²) in [5.74, 6) is 0.148. The molecule has 2 aromatic carbocycles. The zero-order valence-electron chi connectivity index (χ0n) is 14.8. The van der Waals surface area contributed by atoms with Crippen LogP contribution in [0, 0.1) is 0 Å². The van der Waals surface area contributed by atoms with E-state index in [1.165, 1.54) is 4.31 Å². The van der Waals surface area contributed by atoms with Crippen LogP contribution in [0.2, 0.25) is 0 Å². The highest BCUT2D eigenvalue weighted by Crippen LogP contribution is 2.38. The minimum Gasteiger partial charge on any atom is -0.312 e. The van der Waals surface area contributed by atoms with E-state index < -0.39 is 10.0 Å². The van der Waals surface area contributed by atoms with Crippen molar-refractivity contribution < 1.29 is 13.2 Å². The van der Waals surface area contributed by atoms with Gasteiger partial charge in [-0.25, -0.2) is 8.42 Å². The van der Waals surface area contributed by atoms with Crippen molar-refractivity contribution in [1.82, 2.24) is 4.31 Å². The van der Waals surface area contributed by atoms with Crippen LogP contribution >= 0.6 is 0 Å². The minimum absolute atomic E-state index is 0.148. The van der Waals surface area contributed by atoms with Crippen LogP contribution in [0.1, 0.15) is 29.5 Å². The summed E-state index contributed by atoms with van der Waals surface area (Å²) in [6.07, 6.45) is 2.76. The van der Waals surface area contributed by atoms with E-state index in [9.17, 15) is 13.2 Å². The molecule has 26 heavy (non-hydrogen) atoms. The zero-order chi connectivity index (χ0) is 18.3. The molecule has 2 aromatic rings. The number of nitrogens with zero attached hydrogens (tertiary/aromatic N) is 2. The molecule has 0 bridgehead atoms. The van der Waals surface area contributed by atoms with Gasteiger partial charge in [-0.15, -0.1) is 0 Å². The number of anilines is 1. The molecule has 0 saturated carbocycles. The maximum absolute atomic E-state index is 13.1. The lowest BCUT2D eigenvalue weighted by atomic mass is 9.92. The summed E-state index contributed by atoms with van der Waals surface area (Å²) in [7, 11) is -1.97. The Balaban J connectivity index is 1.70. The summed E-state index contributed by atoms with van der Waals surface area (Å²) in [4.78, 5) is 14.3. The Labute approximate surface area is 154 Å². The molecule has 2 aliphatic rings. The van der Waals surface area contributed by atoms with Crippen molar-refractivity contribution in [3.63, 3.8) is 0 Å². The standard InChI is InChI=1S/C20H22N2O3S/c1-21(14-15-6-3-2-4-7-15)26(24,25)18-12-16-8-5-11-22-19(23)10-9-17(13-18)20(16)22/h2-4,6-7,12-13H,5,8-11,14H2,1H3. The Morgan fingerprint density at radius 1 is 1.04 bits per heavy atom. The third kappa shape index (κ3) is 2.93. The minimum atomic E-state index is -3.58. The summed E-state index contributed by atoms with van der Waals surface area (Å²) in [5, 5.41) is 0. The van der Waals surface area contributed by atoms with Crippen molar-refractivity contribution in [3.05, 3.63) is 59.2 Å². The molecule has 0 spiro atoms. The fraction of sp³-hybridized carbons (Fsp3) is 0.350. The number of carbonyl (C=O) groups excluding carboxylic acids is 1. The molecular weight excluding hydrogens is 348 g/mol. The molecule has 0 saturated heterocycles. The Kier molecular flexibility index (Phi) is 4.32. The summed E-state index contributed by atoms with van der Waals surface area (Å²) in [6.45, 7) is 1.07. The van der Waals surface area contributed by atoms with Crippen LogP contribution in [-0.4, -0.2) is 32.2 Å². The number of hydrogen-bond donors (Lipinski definition) is 0. The second-order valence-electron chi connectivity index (χ2n) is 6.99. The van der Waals surface area contributed by atoms with E-state index in [0.29, 0.717) is 24.3 Å². The lowest BCUT2D eigenvalue weighted by Crippen LogP contribution is -2.39. The molecule has 2 heterocycles. The normalized spacial score (nSPS) is 16.7. The highest BCUT2D eigenvalue weighted by Gasteiger charge is 2.32. The quantitative estimate of drug-likeness (QED) is 0.831. The lowest BCUT2D eigenvalue weighted by molar-refractivity contribution is -0.119. The van der Waals surface area contributed by atoms with Gasteiger partial charge in [0.2, 0.25) is 15.9 Å². The summed E-state index contributed by atoms with van der Waals surface area (Å²) >= 11 is 0. The Bertz CT molecular complexity index is 937. The molecule has 0 radical (unpaired) electrons. The molecule has 0 aliphatic carbocycles. The largest absolute Gasteiger partial charge is 0.312 e. The first-order chi connectivity index (χ1) is 12.5. The second-order valence-corrected chi connectivity index (χ2v) is 9.03. The monoisotopic (exact) mass is 370 g/mol. The molecule has 0 fully saturated rings. The van der Waals surface area contributed by atoms with Gasteiger partial charge in [-0.3, -0.25) is 4.79 Å². The van der Waals surface area contributed by atoms with Crippen LogP contribution in [-0.2, 0) is 34.2 Å². The Morgan fingerprint density at radius 2 is 1.73 bits per heavy atom. The molecule has 136 valence electrons. The molecular formula is C20H22N2O3S. The Morgan fingerprint density at radius 3 is 2.46 bits per heavy atom. The van der Waals surface area contributed by atoms with E-state index in [1.807, 2.05) is 35.2 Å². The number of aryl methyl sites for hydroxylation is 2. The maximum atomic E-state index is 13.1. The van der Waals surface area contributed by atoms with Gasteiger partial charge in [-0.1, -0.05) is 30.3 Å². The SMILES string of the molecule is CN(Cc1ccccc1)S(=O)(=O)c1cc2c3c(c1)CCC(=O)N3CCC2. The predicted molar refractivity (Wildman–Crippen MR) is 101 cm³/mol. The van der Waals surface area contributed by atoms with Gasteiger partial charge < -0.3 is 4.90 Å². The average molecular weight is 370 g/mol. The molecule has 0 N–H and O–H groups in total. The van der Waals surface area contributed by atoms with Gasteiger partial charge in [-0.2, -0.15) is 4.31 Å². The van der Waals surface area contributed by atoms with Crippen LogP contribution < -0.4 is 4.90 Å². The van der Waals surface area contributed by atoms with Crippen molar-refractivity contribution in [2.45, 2.75) is 37.1 Å². The van der Waals surface area contributed by atoms with Gasteiger partial charge in [-0.05, 0) is 48.1 Å². The molecule has 1 amide bonds. The van der Waals surface area contributed by atoms with Gasteiger partial charge in [0, 0.05) is 26.6 Å². The highest BCUT2D eigenvalue weighted by atomic mass is 32.2. The van der Waals surface area contributed by atoms with Crippen LogP contribution in [0.25, 0.3) is 0 Å². The fourth-order valence-electron chi connectivity index (χ4n) is 3.88. The van der Waals surface area contributed by atoms with Crippen molar-refractivity contribution in [3.8, 4) is 0 Å². The maximum Gasteiger partial charge on any atom is 0.243 e. The number of benzene rings is 2. The first-order valence-corrected chi connectivity index (χ1v) is 10.4. The molecule has 2 aliphatic heterocycles. The first-order valence-electron chi connectivity index (χ1n) is 8.93. The summed E-state index contributed by atoms with van der Waals surface area (Å²) in [5.41, 5.74) is 3.87. The van der Waals surface area contributed by atoms with Gasteiger partial charge in [0.25, 0.3) is 0 Å². The Hall–Kier alpha value is -2.18. The van der Waals surface area contributed by atoms with E-state index in [2.05, 4.69) is 0 Å². The lowest BCUT2D eigenvalue weighted by Gasteiger charge is -2.35. The van der Waals surface area contributed by atoms with Crippen molar-refractivity contribution in [1.29, 1.82) is 0 Å². The van der Waals surface area contributed by atoms with E-state index >= 15 is 0 Å². The second kappa shape index (κ2) is 6.52. The van der Waals surface area contributed by atoms with Gasteiger partial charge in [0.05, 0.1) is 10.6 Å². The smallest absolute Gasteiger partial charge is 0.243 e. The van der Waals surface area contributed by atoms with Crippen LogP contribution in [0.4, 0.5) is 5.69 Å². The van der Waals surface area contributed by atoms with E-state index in [-0.39, 0.29) is 5.91 Å². The highest BCUT2D eigenvalue weighted by molar-refractivity contribution is 7.89. The number of sulfonamides is 1. The van der Waals surface area contributed by atoms with Crippen LogP contribution in [0.5, 0.6) is 0 Å². The van der Waals surface area contributed by atoms with Gasteiger partial charge in [0.15, 0.2) is 0 Å². The molecule has 0 unspecified atom stereocenters. The number of hydrogen-bond acceptors (Lipinski definition) is 3. The zero-order valence-corrected chi connectivity index (χ0v) is 15.6. The van der Waals surface area contributed by atoms with E-state index in [0.717, 1.165) is 41.8 Å². The van der Waals surface area contributed by atoms with Crippen molar-refractivity contribution in [2.24, 2.45) is 0 Å². The molecule has 6 heteroatoms. The van der Waals surface area contributed by atoms with Gasteiger partial charge in [0.1, 0.15) is 0 Å². The van der Waals surface area contributed by atoms with E-state index in [1.54, 1.807) is 19.2 Å². The third-order valence-corrected chi connectivity index (χ3v) is 6.99. The number of rotatable bonds is 4. The summed E-state index contributed by atoms with van der Waals surface area (Å²) < 4.78 is 27.6. The van der Waals surface area contributed by atoms with Crippen LogP contribution in [0.3, 0.4) is 0 Å². The molecule has 5 nitrogen and oxygen atoms in total. The molecule has 0 aromatic heterocycles. The van der Waals surface area contributed by atoms with Crippen LogP contribution in [0.15, 0.2) is 47.4 Å². The fourth-order valence-corrected chi connectivity index (χ4v) is 5.14. The number of carbonyl (C=O) groups is 1. The van der Waals surface area contributed by atoms with Crippen molar-refractivity contribution in [2.75, 3.05) is 18.5 Å². The predicted octanol–water partition coefficient (Wildman–Crippen LogP) is 2.73. The topological polar surface area (TPSA) is 57.7 Å². The summed E-state index contributed by atoms with van der Waals surface area (Å²) in [6, 6.07) is 13.1. The van der Waals surface area contributed by atoms with Crippen molar-refractivity contribution >= 4 is 21.6 Å². The van der Waals surface area contributed by atoms with Gasteiger partial charge >= 0.3 is 0 Å². The molecule has 0 atom stereocenters. The number of amides is 1. The first kappa shape index (κ1) is 17.2. The third-order valence-electron chi connectivity index (χ3n) is 5.20. The van der Waals surface area contributed by atoms with E-state index in [4.69, 9.17) is 0 Å². The average Bonchev–Trinajstić information content (AvgIpc) is 2.65.